The average molecular weight is 216 g/mol. The van der Waals surface area contributed by atoms with Crippen LogP contribution in [0.3, 0.4) is 0 Å². The Morgan fingerprint density at radius 1 is 1.50 bits per heavy atom. The van der Waals surface area contributed by atoms with Crippen molar-refractivity contribution in [2.24, 2.45) is 5.73 Å². The van der Waals surface area contributed by atoms with Crippen molar-refractivity contribution in [3.63, 3.8) is 0 Å². The van der Waals surface area contributed by atoms with Crippen LogP contribution in [0, 0.1) is 0 Å². The largest absolute Gasteiger partial charge is 0.506 e. The summed E-state index contributed by atoms with van der Waals surface area (Å²) in [6, 6.07) is 4.33. The minimum absolute atomic E-state index is 0.0471. The Morgan fingerprint density at radius 2 is 2.14 bits per heavy atom. The van der Waals surface area contributed by atoms with E-state index in [0.717, 1.165) is 0 Å². The van der Waals surface area contributed by atoms with Gasteiger partial charge in [0.05, 0.1) is 17.2 Å². The molecule has 0 saturated heterocycles. The van der Waals surface area contributed by atoms with Crippen molar-refractivity contribution >= 4 is 11.6 Å². The van der Waals surface area contributed by atoms with Crippen LogP contribution in [0.25, 0.3) is 0 Å². The lowest BCUT2D eigenvalue weighted by molar-refractivity contribution is 0.139. The van der Waals surface area contributed by atoms with Gasteiger partial charge in [0.15, 0.2) is 0 Å². The predicted octanol–water partition coefficient (Wildman–Crippen LogP) is 1.82. The van der Waals surface area contributed by atoms with Gasteiger partial charge >= 0.3 is 0 Å². The summed E-state index contributed by atoms with van der Waals surface area (Å²) in [4.78, 5) is 0. The maximum Gasteiger partial charge on any atom is 0.139 e. The van der Waals surface area contributed by atoms with Gasteiger partial charge in [0.1, 0.15) is 5.75 Å². The first kappa shape index (κ1) is 11.3. The first-order chi connectivity index (χ1) is 6.57. The first-order valence-corrected chi connectivity index (χ1v) is 4.86. The smallest absolute Gasteiger partial charge is 0.139 e. The predicted molar refractivity (Wildman–Crippen MR) is 56.3 cm³/mol. The normalized spacial score (nSPS) is 15.1. The van der Waals surface area contributed by atoms with Crippen molar-refractivity contribution in [3.8, 4) is 5.75 Å². The highest BCUT2D eigenvalue weighted by Gasteiger charge is 2.19. The van der Waals surface area contributed by atoms with E-state index in [-0.39, 0.29) is 10.8 Å². The quantitative estimate of drug-likeness (QED) is 0.721. The number of hydrogen-bond acceptors (Lipinski definition) is 3. The monoisotopic (exact) mass is 215 g/mol. The van der Waals surface area contributed by atoms with Crippen LogP contribution in [0.2, 0.25) is 5.02 Å². The van der Waals surface area contributed by atoms with Crippen molar-refractivity contribution in [2.45, 2.75) is 25.5 Å². The standard InChI is InChI=1S/C10H14ClNO2/c1-2-8(13)9(12)6-4-3-5-7(11)10(6)14/h3-5,8-9,13-14H,2,12H2,1H3/t8-,9+/m1/s1. The van der Waals surface area contributed by atoms with E-state index in [0.29, 0.717) is 12.0 Å². The number of hydrogen-bond donors (Lipinski definition) is 3. The van der Waals surface area contributed by atoms with E-state index in [1.807, 2.05) is 6.92 Å². The molecule has 0 radical (unpaired) electrons. The summed E-state index contributed by atoms with van der Waals surface area (Å²) >= 11 is 5.72. The molecule has 4 N–H and O–H groups in total. The Hall–Kier alpha value is -0.770. The average Bonchev–Trinajstić information content (AvgIpc) is 2.20. The highest BCUT2D eigenvalue weighted by Crippen LogP contribution is 2.32. The Morgan fingerprint density at radius 3 is 2.71 bits per heavy atom. The summed E-state index contributed by atoms with van der Waals surface area (Å²) in [5.74, 6) is -0.0471. The molecule has 0 aliphatic rings. The molecule has 1 rings (SSSR count). The summed E-state index contributed by atoms with van der Waals surface area (Å²) in [7, 11) is 0. The number of halogens is 1. The van der Waals surface area contributed by atoms with Crippen molar-refractivity contribution in [2.75, 3.05) is 0 Å². The number of aliphatic hydroxyl groups excluding tert-OH is 1. The lowest BCUT2D eigenvalue weighted by atomic mass is 10.00. The Bertz CT molecular complexity index is 317. The third-order valence-electron chi connectivity index (χ3n) is 2.21. The van der Waals surface area contributed by atoms with Gasteiger partial charge in [0, 0.05) is 5.56 Å². The van der Waals surface area contributed by atoms with Crippen molar-refractivity contribution in [3.05, 3.63) is 28.8 Å². The van der Waals surface area contributed by atoms with Gasteiger partial charge in [-0.25, -0.2) is 0 Å². The van der Waals surface area contributed by atoms with Crippen molar-refractivity contribution < 1.29 is 10.2 Å². The van der Waals surface area contributed by atoms with Gasteiger partial charge < -0.3 is 15.9 Å². The fourth-order valence-corrected chi connectivity index (χ4v) is 1.44. The summed E-state index contributed by atoms with van der Waals surface area (Å²) in [6.07, 6.45) is -0.132. The van der Waals surface area contributed by atoms with E-state index in [1.54, 1.807) is 18.2 Å². The molecule has 1 aromatic carbocycles. The molecule has 0 aromatic heterocycles. The van der Waals surface area contributed by atoms with Gasteiger partial charge in [-0.2, -0.15) is 0 Å². The van der Waals surface area contributed by atoms with Gasteiger partial charge in [-0.15, -0.1) is 0 Å². The molecule has 0 aliphatic heterocycles. The zero-order chi connectivity index (χ0) is 10.7. The number of aliphatic hydroxyl groups is 1. The second kappa shape index (κ2) is 4.64. The molecule has 1 aromatic rings. The molecule has 4 heteroatoms. The number of aromatic hydroxyl groups is 1. The molecule has 0 amide bonds. The molecule has 78 valence electrons. The summed E-state index contributed by atoms with van der Waals surface area (Å²) in [5, 5.41) is 19.4. The SMILES string of the molecule is CC[C@@H](O)[C@@H](N)c1cccc(Cl)c1O. The van der Waals surface area contributed by atoms with Gasteiger partial charge in [0.2, 0.25) is 0 Å². The Kier molecular flexibility index (Phi) is 3.75. The molecule has 0 saturated carbocycles. The molecular weight excluding hydrogens is 202 g/mol. The maximum absolute atomic E-state index is 9.59. The lowest BCUT2D eigenvalue weighted by Crippen LogP contribution is -2.25. The van der Waals surface area contributed by atoms with Gasteiger partial charge in [-0.3, -0.25) is 0 Å². The summed E-state index contributed by atoms with van der Waals surface area (Å²) in [6.45, 7) is 1.83. The van der Waals surface area contributed by atoms with Crippen LogP contribution in [0.1, 0.15) is 24.9 Å². The van der Waals surface area contributed by atoms with E-state index in [4.69, 9.17) is 17.3 Å². The number of rotatable bonds is 3. The highest BCUT2D eigenvalue weighted by molar-refractivity contribution is 6.32. The lowest BCUT2D eigenvalue weighted by Gasteiger charge is -2.18. The van der Waals surface area contributed by atoms with Crippen LogP contribution >= 0.6 is 11.6 Å². The fourth-order valence-electron chi connectivity index (χ4n) is 1.26. The zero-order valence-corrected chi connectivity index (χ0v) is 8.70. The molecule has 0 spiro atoms. The molecule has 0 bridgehead atoms. The molecule has 14 heavy (non-hydrogen) atoms. The van der Waals surface area contributed by atoms with E-state index in [2.05, 4.69) is 0 Å². The topological polar surface area (TPSA) is 66.5 Å². The molecule has 0 aliphatic carbocycles. The third kappa shape index (κ3) is 2.18. The van der Waals surface area contributed by atoms with Crippen molar-refractivity contribution in [1.82, 2.24) is 0 Å². The number of phenolic OH excluding ortho intramolecular Hbond substituents is 1. The molecular formula is C10H14ClNO2. The third-order valence-corrected chi connectivity index (χ3v) is 2.51. The number of para-hydroxylation sites is 1. The minimum Gasteiger partial charge on any atom is -0.506 e. The maximum atomic E-state index is 9.59. The summed E-state index contributed by atoms with van der Waals surface area (Å²) in [5.41, 5.74) is 6.23. The van der Waals surface area contributed by atoms with Gasteiger partial charge in [-0.1, -0.05) is 30.7 Å². The molecule has 3 nitrogen and oxygen atoms in total. The van der Waals surface area contributed by atoms with Crippen LogP contribution in [-0.4, -0.2) is 16.3 Å². The van der Waals surface area contributed by atoms with E-state index in [1.165, 1.54) is 0 Å². The van der Waals surface area contributed by atoms with Crippen LogP contribution in [0.15, 0.2) is 18.2 Å². The first-order valence-electron chi connectivity index (χ1n) is 4.49. The number of benzene rings is 1. The van der Waals surface area contributed by atoms with E-state index in [9.17, 15) is 10.2 Å². The zero-order valence-electron chi connectivity index (χ0n) is 7.94. The molecule has 0 fully saturated rings. The molecule has 2 atom stereocenters. The minimum atomic E-state index is -0.667. The summed E-state index contributed by atoms with van der Waals surface area (Å²) < 4.78 is 0. The van der Waals surface area contributed by atoms with Crippen LogP contribution in [0.5, 0.6) is 5.75 Å². The van der Waals surface area contributed by atoms with Crippen molar-refractivity contribution in [1.29, 1.82) is 0 Å². The highest BCUT2D eigenvalue weighted by atomic mass is 35.5. The molecule has 0 unspecified atom stereocenters. The number of phenols is 1. The fraction of sp³-hybridized carbons (Fsp3) is 0.400. The van der Waals surface area contributed by atoms with Gasteiger partial charge in [-0.05, 0) is 12.5 Å². The van der Waals surface area contributed by atoms with Gasteiger partial charge in [0.25, 0.3) is 0 Å². The van der Waals surface area contributed by atoms with Crippen LogP contribution < -0.4 is 5.73 Å². The van der Waals surface area contributed by atoms with Crippen LogP contribution in [-0.2, 0) is 0 Å². The Balaban J connectivity index is 3.01. The second-order valence-electron chi connectivity index (χ2n) is 3.18. The molecule has 0 heterocycles. The van der Waals surface area contributed by atoms with Crippen LogP contribution in [0.4, 0.5) is 0 Å². The van der Waals surface area contributed by atoms with E-state index >= 15 is 0 Å². The second-order valence-corrected chi connectivity index (χ2v) is 3.59. The number of nitrogens with two attached hydrogens (primary N) is 1. The Labute approximate surface area is 88.1 Å². The van der Waals surface area contributed by atoms with E-state index < -0.39 is 12.1 Å².